The molecule has 0 atom stereocenters. The van der Waals surface area contributed by atoms with E-state index in [-0.39, 0.29) is 0 Å². The Hall–Kier alpha value is -2.53. The molecule has 5 nitrogen and oxygen atoms in total. The van der Waals surface area contributed by atoms with Crippen molar-refractivity contribution in [3.05, 3.63) is 58.6 Å². The first-order chi connectivity index (χ1) is 14.0. The summed E-state index contributed by atoms with van der Waals surface area (Å²) >= 11 is 5.94. The maximum atomic E-state index is 12.1. The number of carbonyl (C=O) groups excluding carboxylic acids is 2. The highest BCUT2D eigenvalue weighted by atomic mass is 35.5. The molecule has 1 aliphatic rings. The molecular formula is C23H28ClN3O2. The Morgan fingerprint density at radius 3 is 2.45 bits per heavy atom. The van der Waals surface area contributed by atoms with Crippen LogP contribution in [0.1, 0.15) is 36.8 Å². The molecule has 0 bridgehead atoms. The van der Waals surface area contributed by atoms with E-state index in [0.717, 1.165) is 31.5 Å². The van der Waals surface area contributed by atoms with Crippen molar-refractivity contribution in [2.75, 3.05) is 29.9 Å². The molecule has 1 heterocycles. The van der Waals surface area contributed by atoms with Gasteiger partial charge in [-0.25, -0.2) is 0 Å². The fourth-order valence-corrected chi connectivity index (χ4v) is 3.68. The van der Waals surface area contributed by atoms with Gasteiger partial charge in [0, 0.05) is 36.0 Å². The van der Waals surface area contributed by atoms with E-state index in [1.165, 1.54) is 30.5 Å². The largest absolute Gasteiger partial charge is 0.372 e. The fraction of sp³-hybridized carbons (Fsp3) is 0.391. The van der Waals surface area contributed by atoms with Crippen LogP contribution in [0.25, 0.3) is 0 Å². The number of hydrogen-bond donors (Lipinski definition) is 2. The second kappa shape index (κ2) is 10.3. The second-order valence-corrected chi connectivity index (χ2v) is 7.92. The first-order valence-corrected chi connectivity index (χ1v) is 10.6. The molecule has 0 radical (unpaired) electrons. The third kappa shape index (κ3) is 6.23. The highest BCUT2D eigenvalue weighted by molar-refractivity contribution is 6.40. The van der Waals surface area contributed by atoms with E-state index >= 15 is 0 Å². The number of piperidine rings is 1. The lowest BCUT2D eigenvalue weighted by molar-refractivity contribution is -0.136. The molecule has 1 saturated heterocycles. The van der Waals surface area contributed by atoms with Gasteiger partial charge in [-0.3, -0.25) is 9.59 Å². The van der Waals surface area contributed by atoms with Gasteiger partial charge >= 0.3 is 11.8 Å². The average Bonchev–Trinajstić information content (AvgIpc) is 2.74. The van der Waals surface area contributed by atoms with Gasteiger partial charge in [-0.1, -0.05) is 29.8 Å². The highest BCUT2D eigenvalue weighted by Gasteiger charge is 2.14. The van der Waals surface area contributed by atoms with Crippen LogP contribution in [0, 0.1) is 6.92 Å². The number of anilines is 2. The Kier molecular flexibility index (Phi) is 7.53. The number of halogens is 1. The third-order valence-electron chi connectivity index (χ3n) is 5.24. The number of aryl methyl sites for hydroxylation is 2. The zero-order valence-corrected chi connectivity index (χ0v) is 17.6. The molecule has 3 rings (SSSR count). The summed E-state index contributed by atoms with van der Waals surface area (Å²) < 4.78 is 0. The number of nitrogens with zero attached hydrogens (tertiary/aromatic N) is 1. The fourth-order valence-electron chi connectivity index (χ4n) is 3.51. The summed E-state index contributed by atoms with van der Waals surface area (Å²) in [6.07, 6.45) is 5.50. The molecule has 1 fully saturated rings. The molecule has 0 aliphatic carbocycles. The number of rotatable bonds is 6. The molecule has 0 saturated carbocycles. The standard InChI is InChI=1S/C23H28ClN3O2/c1-17-7-10-19(24)16-21(17)26-23(29)22(28)25-13-5-6-18-8-11-20(12-9-18)27-14-3-2-4-15-27/h7-12,16H,2-6,13-15H2,1H3,(H,25,28)(H,26,29). The van der Waals surface area contributed by atoms with Crippen LogP contribution in [0.2, 0.25) is 5.02 Å². The monoisotopic (exact) mass is 413 g/mol. The van der Waals surface area contributed by atoms with Crippen molar-refractivity contribution in [2.45, 2.75) is 39.0 Å². The quantitative estimate of drug-likeness (QED) is 0.547. The Morgan fingerprint density at radius 1 is 1.00 bits per heavy atom. The normalized spacial score (nSPS) is 13.8. The molecule has 2 aromatic carbocycles. The predicted molar refractivity (Wildman–Crippen MR) is 119 cm³/mol. The summed E-state index contributed by atoms with van der Waals surface area (Å²) in [6.45, 7) is 4.58. The van der Waals surface area contributed by atoms with Crippen LogP contribution in [-0.2, 0) is 16.0 Å². The van der Waals surface area contributed by atoms with Gasteiger partial charge in [0.1, 0.15) is 0 Å². The highest BCUT2D eigenvalue weighted by Crippen LogP contribution is 2.21. The number of benzene rings is 2. The molecule has 0 unspecified atom stereocenters. The molecule has 2 N–H and O–H groups in total. The van der Waals surface area contributed by atoms with Gasteiger partial charge in [0.25, 0.3) is 0 Å². The van der Waals surface area contributed by atoms with Crippen molar-refractivity contribution in [1.29, 1.82) is 0 Å². The van der Waals surface area contributed by atoms with E-state index in [9.17, 15) is 9.59 Å². The minimum Gasteiger partial charge on any atom is -0.372 e. The maximum absolute atomic E-state index is 12.1. The summed E-state index contributed by atoms with van der Waals surface area (Å²) in [6, 6.07) is 13.8. The van der Waals surface area contributed by atoms with E-state index in [1.807, 2.05) is 6.92 Å². The van der Waals surface area contributed by atoms with Gasteiger partial charge in [0.05, 0.1) is 0 Å². The summed E-state index contributed by atoms with van der Waals surface area (Å²) in [7, 11) is 0. The van der Waals surface area contributed by atoms with Crippen LogP contribution in [0.4, 0.5) is 11.4 Å². The Bertz CT molecular complexity index is 846. The number of amides is 2. The van der Waals surface area contributed by atoms with Crippen molar-refractivity contribution in [1.82, 2.24) is 5.32 Å². The van der Waals surface area contributed by atoms with Crippen molar-refractivity contribution in [3.63, 3.8) is 0 Å². The lowest BCUT2D eigenvalue weighted by atomic mass is 10.1. The first-order valence-electron chi connectivity index (χ1n) is 10.2. The molecule has 29 heavy (non-hydrogen) atoms. The van der Waals surface area contributed by atoms with E-state index in [0.29, 0.717) is 17.3 Å². The molecule has 0 aromatic heterocycles. The molecule has 1 aliphatic heterocycles. The van der Waals surface area contributed by atoms with Gasteiger partial charge < -0.3 is 15.5 Å². The Morgan fingerprint density at radius 2 is 1.72 bits per heavy atom. The predicted octanol–water partition coefficient (Wildman–Crippen LogP) is 4.33. The SMILES string of the molecule is Cc1ccc(Cl)cc1NC(=O)C(=O)NCCCc1ccc(N2CCCCC2)cc1. The van der Waals surface area contributed by atoms with Crippen molar-refractivity contribution in [3.8, 4) is 0 Å². The smallest absolute Gasteiger partial charge is 0.313 e. The van der Waals surface area contributed by atoms with Gasteiger partial charge in [0.15, 0.2) is 0 Å². The van der Waals surface area contributed by atoms with Crippen LogP contribution < -0.4 is 15.5 Å². The molecule has 6 heteroatoms. The Labute approximate surface area is 177 Å². The second-order valence-electron chi connectivity index (χ2n) is 7.49. The summed E-state index contributed by atoms with van der Waals surface area (Å²) in [5.41, 5.74) is 3.92. The zero-order valence-electron chi connectivity index (χ0n) is 16.8. The molecule has 0 spiro atoms. The number of hydrogen-bond acceptors (Lipinski definition) is 3. The lowest BCUT2D eigenvalue weighted by Crippen LogP contribution is -2.36. The topological polar surface area (TPSA) is 61.4 Å². The van der Waals surface area contributed by atoms with E-state index in [2.05, 4.69) is 39.8 Å². The molecular weight excluding hydrogens is 386 g/mol. The van der Waals surface area contributed by atoms with Crippen LogP contribution in [-0.4, -0.2) is 31.4 Å². The van der Waals surface area contributed by atoms with Crippen LogP contribution in [0.15, 0.2) is 42.5 Å². The third-order valence-corrected chi connectivity index (χ3v) is 5.47. The van der Waals surface area contributed by atoms with E-state index < -0.39 is 11.8 Å². The number of nitrogens with one attached hydrogen (secondary N) is 2. The summed E-state index contributed by atoms with van der Waals surface area (Å²) in [4.78, 5) is 26.5. The number of carbonyl (C=O) groups is 2. The van der Waals surface area contributed by atoms with Crippen molar-refractivity contribution >= 4 is 34.8 Å². The lowest BCUT2D eigenvalue weighted by Gasteiger charge is -2.28. The summed E-state index contributed by atoms with van der Waals surface area (Å²) in [5, 5.41) is 5.80. The van der Waals surface area contributed by atoms with Crippen LogP contribution in [0.3, 0.4) is 0 Å². The van der Waals surface area contributed by atoms with E-state index in [1.54, 1.807) is 18.2 Å². The molecule has 2 amide bonds. The zero-order chi connectivity index (χ0) is 20.6. The molecule has 154 valence electrons. The van der Waals surface area contributed by atoms with Gasteiger partial charge in [-0.05, 0) is 74.4 Å². The average molecular weight is 414 g/mol. The first kappa shape index (κ1) is 21.2. The van der Waals surface area contributed by atoms with E-state index in [4.69, 9.17) is 11.6 Å². The van der Waals surface area contributed by atoms with Crippen LogP contribution in [0.5, 0.6) is 0 Å². The Balaban J connectivity index is 1.39. The van der Waals surface area contributed by atoms with Gasteiger partial charge in [-0.2, -0.15) is 0 Å². The maximum Gasteiger partial charge on any atom is 0.313 e. The minimum atomic E-state index is -0.679. The minimum absolute atomic E-state index is 0.453. The van der Waals surface area contributed by atoms with Crippen LogP contribution >= 0.6 is 11.6 Å². The molecule has 2 aromatic rings. The van der Waals surface area contributed by atoms with Crippen molar-refractivity contribution < 1.29 is 9.59 Å². The van der Waals surface area contributed by atoms with Gasteiger partial charge in [0.2, 0.25) is 0 Å². The van der Waals surface area contributed by atoms with Gasteiger partial charge in [-0.15, -0.1) is 0 Å². The summed E-state index contributed by atoms with van der Waals surface area (Å²) in [5.74, 6) is -1.31. The van der Waals surface area contributed by atoms with Crippen molar-refractivity contribution in [2.24, 2.45) is 0 Å².